The molecule has 1 fully saturated rings. The highest BCUT2D eigenvalue weighted by Crippen LogP contribution is 2.21. The molecule has 8 nitrogen and oxygen atoms in total. The highest BCUT2D eigenvalue weighted by molar-refractivity contribution is 7.98. The van der Waals surface area contributed by atoms with E-state index in [1.165, 1.54) is 9.08 Å². The molecule has 1 saturated heterocycles. The first kappa shape index (κ1) is 17.6. The van der Waals surface area contributed by atoms with Crippen LogP contribution in [0.1, 0.15) is 12.8 Å². The average molecular weight is 384 g/mol. The van der Waals surface area contributed by atoms with Crippen molar-refractivity contribution in [2.24, 2.45) is 0 Å². The van der Waals surface area contributed by atoms with Crippen molar-refractivity contribution in [3.63, 3.8) is 0 Å². The summed E-state index contributed by atoms with van der Waals surface area (Å²) in [5.41, 5.74) is 0.838. The van der Waals surface area contributed by atoms with Crippen LogP contribution < -0.4 is 15.9 Å². The predicted molar refractivity (Wildman–Crippen MR) is 106 cm³/mol. The number of amides is 1. The molecule has 1 aromatic carbocycles. The number of aromatic nitrogens is 4. The summed E-state index contributed by atoms with van der Waals surface area (Å²) in [6.45, 7) is 1.66. The fourth-order valence-corrected chi connectivity index (χ4v) is 3.69. The van der Waals surface area contributed by atoms with Gasteiger partial charge in [0.2, 0.25) is 11.6 Å². The summed E-state index contributed by atoms with van der Waals surface area (Å²) in [6.07, 6.45) is 7.36. The molecule has 0 unspecified atom stereocenters. The van der Waals surface area contributed by atoms with Crippen LogP contribution in [0.4, 0.5) is 11.5 Å². The number of anilines is 2. The van der Waals surface area contributed by atoms with Crippen LogP contribution in [0.15, 0.2) is 46.3 Å². The number of nitrogens with zero attached hydrogens (tertiary/aromatic N) is 5. The summed E-state index contributed by atoms with van der Waals surface area (Å²) < 4.78 is 2.63. The second kappa shape index (κ2) is 7.43. The molecule has 3 aromatic rings. The Hall–Kier alpha value is -2.81. The summed E-state index contributed by atoms with van der Waals surface area (Å²) in [5.74, 6) is 0.397. The minimum absolute atomic E-state index is 0.149. The highest BCUT2D eigenvalue weighted by atomic mass is 32.2. The predicted octanol–water partition coefficient (Wildman–Crippen LogP) is 1.85. The number of hydrogen-bond donors (Lipinski definition) is 1. The van der Waals surface area contributed by atoms with Crippen LogP contribution in [0, 0.1) is 0 Å². The van der Waals surface area contributed by atoms with E-state index in [-0.39, 0.29) is 18.1 Å². The van der Waals surface area contributed by atoms with E-state index in [4.69, 9.17) is 0 Å². The van der Waals surface area contributed by atoms with E-state index in [0.717, 1.165) is 30.8 Å². The van der Waals surface area contributed by atoms with Gasteiger partial charge < -0.3 is 10.2 Å². The number of nitrogens with one attached hydrogen (secondary N) is 1. The zero-order chi connectivity index (χ0) is 18.8. The molecule has 3 heterocycles. The average Bonchev–Trinajstić information content (AvgIpc) is 3.31. The van der Waals surface area contributed by atoms with Gasteiger partial charge in [-0.2, -0.15) is 0 Å². The normalized spacial score (nSPS) is 14.0. The minimum Gasteiger partial charge on any atom is -0.353 e. The van der Waals surface area contributed by atoms with Crippen LogP contribution >= 0.6 is 11.8 Å². The maximum Gasteiger partial charge on any atom is 0.350 e. The third-order valence-corrected chi connectivity index (χ3v) is 5.26. The largest absolute Gasteiger partial charge is 0.353 e. The quantitative estimate of drug-likeness (QED) is 0.676. The van der Waals surface area contributed by atoms with Crippen LogP contribution in [0.25, 0.3) is 5.65 Å². The van der Waals surface area contributed by atoms with Gasteiger partial charge in [-0.1, -0.05) is 6.07 Å². The highest BCUT2D eigenvalue weighted by Gasteiger charge is 2.20. The summed E-state index contributed by atoms with van der Waals surface area (Å²) in [6, 6.07) is 7.57. The third-order valence-electron chi connectivity index (χ3n) is 4.54. The van der Waals surface area contributed by atoms with E-state index < -0.39 is 0 Å². The van der Waals surface area contributed by atoms with Gasteiger partial charge in [0.15, 0.2) is 5.82 Å². The third kappa shape index (κ3) is 3.55. The van der Waals surface area contributed by atoms with Crippen LogP contribution in [0.2, 0.25) is 0 Å². The first-order valence-corrected chi connectivity index (χ1v) is 10.0. The number of rotatable bonds is 5. The number of hydrogen-bond acceptors (Lipinski definition) is 6. The summed E-state index contributed by atoms with van der Waals surface area (Å²) in [4.78, 5) is 32.6. The summed E-state index contributed by atoms with van der Waals surface area (Å²) in [5, 5.41) is 7.19. The lowest BCUT2D eigenvalue weighted by molar-refractivity contribution is -0.117. The van der Waals surface area contributed by atoms with Crippen molar-refractivity contribution in [1.82, 2.24) is 19.2 Å². The molecule has 0 aliphatic carbocycles. The van der Waals surface area contributed by atoms with Gasteiger partial charge in [0.1, 0.15) is 6.54 Å². The molecular formula is C18H20N6O2S. The molecule has 27 heavy (non-hydrogen) atoms. The first-order chi connectivity index (χ1) is 13.2. The van der Waals surface area contributed by atoms with Gasteiger partial charge in [-0.3, -0.25) is 4.79 Å². The van der Waals surface area contributed by atoms with Crippen LogP contribution in [0.3, 0.4) is 0 Å². The van der Waals surface area contributed by atoms with Gasteiger partial charge in [-0.25, -0.2) is 18.9 Å². The number of carbonyl (C=O) groups is 1. The Bertz CT molecular complexity index is 1040. The van der Waals surface area contributed by atoms with E-state index in [1.807, 2.05) is 30.5 Å². The van der Waals surface area contributed by atoms with Gasteiger partial charge in [-0.05, 0) is 37.3 Å². The van der Waals surface area contributed by atoms with E-state index in [9.17, 15) is 9.59 Å². The molecule has 9 heteroatoms. The van der Waals surface area contributed by atoms with Crippen molar-refractivity contribution in [1.29, 1.82) is 0 Å². The molecular weight excluding hydrogens is 364 g/mol. The van der Waals surface area contributed by atoms with E-state index in [0.29, 0.717) is 17.2 Å². The molecule has 140 valence electrons. The van der Waals surface area contributed by atoms with E-state index in [2.05, 4.69) is 20.3 Å². The second-order valence-corrected chi connectivity index (χ2v) is 7.24. The van der Waals surface area contributed by atoms with Crippen LogP contribution in [-0.4, -0.2) is 44.4 Å². The smallest absolute Gasteiger partial charge is 0.350 e. The van der Waals surface area contributed by atoms with Crippen molar-refractivity contribution < 1.29 is 4.79 Å². The van der Waals surface area contributed by atoms with Crippen molar-refractivity contribution in [3.05, 3.63) is 47.1 Å². The second-order valence-electron chi connectivity index (χ2n) is 6.36. The first-order valence-electron chi connectivity index (χ1n) is 8.79. The van der Waals surface area contributed by atoms with Gasteiger partial charge in [0, 0.05) is 36.1 Å². The lowest BCUT2D eigenvalue weighted by atomic mass is 10.3. The summed E-state index contributed by atoms with van der Waals surface area (Å²) in [7, 11) is 0. The Morgan fingerprint density at radius 2 is 2.11 bits per heavy atom. The SMILES string of the molecule is CSc1cccc(NC(=O)Cn2nc3c(N4CCCC4)nccn3c2=O)c1. The molecule has 1 N–H and O–H groups in total. The molecule has 2 aromatic heterocycles. The maximum absolute atomic E-state index is 12.6. The Morgan fingerprint density at radius 3 is 2.89 bits per heavy atom. The number of fused-ring (bicyclic) bond motifs is 1. The Labute approximate surface area is 160 Å². The zero-order valence-corrected chi connectivity index (χ0v) is 15.8. The monoisotopic (exact) mass is 384 g/mol. The van der Waals surface area contributed by atoms with Crippen LogP contribution in [0.5, 0.6) is 0 Å². The van der Waals surface area contributed by atoms with E-state index >= 15 is 0 Å². The summed E-state index contributed by atoms with van der Waals surface area (Å²) >= 11 is 1.60. The number of thioether (sulfide) groups is 1. The van der Waals surface area contributed by atoms with Crippen molar-refractivity contribution >= 4 is 34.8 Å². The van der Waals surface area contributed by atoms with Crippen molar-refractivity contribution in [3.8, 4) is 0 Å². The van der Waals surface area contributed by atoms with Gasteiger partial charge >= 0.3 is 5.69 Å². The molecule has 0 saturated carbocycles. The van der Waals surface area contributed by atoms with Gasteiger partial charge in [0.25, 0.3) is 0 Å². The Morgan fingerprint density at radius 1 is 1.30 bits per heavy atom. The molecule has 0 bridgehead atoms. The molecule has 0 radical (unpaired) electrons. The van der Waals surface area contributed by atoms with E-state index in [1.54, 1.807) is 24.2 Å². The minimum atomic E-state index is -0.346. The molecule has 0 atom stereocenters. The molecule has 0 spiro atoms. The number of carbonyl (C=O) groups excluding carboxylic acids is 1. The van der Waals surface area contributed by atoms with Crippen LogP contribution in [-0.2, 0) is 11.3 Å². The van der Waals surface area contributed by atoms with Gasteiger partial charge in [0.05, 0.1) is 0 Å². The topological polar surface area (TPSA) is 84.5 Å². The Balaban J connectivity index is 1.58. The van der Waals surface area contributed by atoms with Gasteiger partial charge in [-0.15, -0.1) is 16.9 Å². The zero-order valence-electron chi connectivity index (χ0n) is 15.0. The molecule has 1 aliphatic heterocycles. The maximum atomic E-state index is 12.6. The lowest BCUT2D eigenvalue weighted by Gasteiger charge is -2.15. The Kier molecular flexibility index (Phi) is 4.85. The van der Waals surface area contributed by atoms with Crippen molar-refractivity contribution in [2.75, 3.05) is 29.6 Å². The fourth-order valence-electron chi connectivity index (χ4n) is 3.23. The van der Waals surface area contributed by atoms with Crippen molar-refractivity contribution in [2.45, 2.75) is 24.3 Å². The molecule has 4 rings (SSSR count). The molecule has 1 amide bonds. The standard InChI is InChI=1S/C18H20N6O2S/c1-27-14-6-4-5-13(11-14)20-15(25)12-24-18(26)23-10-7-19-16(17(23)21-24)22-8-2-3-9-22/h4-7,10-11H,2-3,8-9,12H2,1H3,(H,20,25). The lowest BCUT2D eigenvalue weighted by Crippen LogP contribution is -2.28. The molecule has 1 aliphatic rings. The number of benzene rings is 1. The fraction of sp³-hybridized carbons (Fsp3) is 0.333.